The van der Waals surface area contributed by atoms with E-state index in [1.165, 1.54) is 13.0 Å². The van der Waals surface area contributed by atoms with Crippen molar-refractivity contribution in [2.24, 2.45) is 0 Å². The van der Waals surface area contributed by atoms with Gasteiger partial charge in [0.15, 0.2) is 0 Å². The van der Waals surface area contributed by atoms with E-state index in [9.17, 15) is 13.2 Å². The summed E-state index contributed by atoms with van der Waals surface area (Å²) in [5, 5.41) is 17.6. The summed E-state index contributed by atoms with van der Waals surface area (Å²) in [5.41, 5.74) is -1.13. The molecule has 0 atom stereocenters. The van der Waals surface area contributed by atoms with Crippen molar-refractivity contribution in [3.05, 3.63) is 29.3 Å². The number of hydrogen-bond donors (Lipinski definition) is 2. The van der Waals surface area contributed by atoms with Gasteiger partial charge in [0.1, 0.15) is 0 Å². The van der Waals surface area contributed by atoms with Gasteiger partial charge in [0.2, 0.25) is 0 Å². The van der Waals surface area contributed by atoms with E-state index >= 15 is 0 Å². The van der Waals surface area contributed by atoms with E-state index in [0.29, 0.717) is 0 Å². The molecule has 0 saturated carbocycles. The van der Waals surface area contributed by atoms with Crippen LogP contribution in [0.3, 0.4) is 0 Å². The zero-order valence-electron chi connectivity index (χ0n) is 7.34. The first-order chi connectivity index (χ1) is 6.34. The van der Waals surface area contributed by atoms with Crippen molar-refractivity contribution in [2.45, 2.75) is 13.1 Å². The highest BCUT2D eigenvalue weighted by Crippen LogP contribution is 2.30. The van der Waals surface area contributed by atoms with Crippen molar-refractivity contribution >= 4 is 12.6 Å². The summed E-state index contributed by atoms with van der Waals surface area (Å²) < 4.78 is 37.0. The van der Waals surface area contributed by atoms with Crippen LogP contribution >= 0.6 is 0 Å². The Morgan fingerprint density at radius 1 is 1.21 bits per heavy atom. The molecule has 2 nitrogen and oxygen atoms in total. The Labute approximate surface area is 79.1 Å². The molecule has 0 fully saturated rings. The predicted octanol–water partition coefficient (Wildman–Crippen LogP) is 0.694. The molecule has 1 aromatic rings. The van der Waals surface area contributed by atoms with Gasteiger partial charge < -0.3 is 10.0 Å². The van der Waals surface area contributed by atoms with Crippen molar-refractivity contribution in [1.29, 1.82) is 0 Å². The SMILES string of the molecule is Cc1c(B(O)O)cccc1C(F)(F)F. The van der Waals surface area contributed by atoms with Crippen LogP contribution in [-0.4, -0.2) is 17.2 Å². The van der Waals surface area contributed by atoms with Crippen LogP contribution in [0.1, 0.15) is 11.1 Å². The molecule has 0 radical (unpaired) electrons. The molecular formula is C8H8BF3O2. The van der Waals surface area contributed by atoms with Gasteiger partial charge in [-0.3, -0.25) is 0 Å². The van der Waals surface area contributed by atoms with Crippen molar-refractivity contribution in [2.75, 3.05) is 0 Å². The molecule has 0 bridgehead atoms. The molecular weight excluding hydrogens is 196 g/mol. The fourth-order valence-corrected chi connectivity index (χ4v) is 1.24. The number of alkyl halides is 3. The second kappa shape index (κ2) is 3.63. The molecule has 0 saturated heterocycles. The molecule has 1 aromatic carbocycles. The lowest BCUT2D eigenvalue weighted by Gasteiger charge is -2.13. The Balaban J connectivity index is 3.28. The smallest absolute Gasteiger partial charge is 0.423 e. The molecule has 1 rings (SSSR count). The molecule has 6 heteroatoms. The highest BCUT2D eigenvalue weighted by molar-refractivity contribution is 6.59. The first-order valence-corrected chi connectivity index (χ1v) is 3.87. The molecule has 0 aliphatic rings. The van der Waals surface area contributed by atoms with E-state index in [0.717, 1.165) is 12.1 Å². The maximum absolute atomic E-state index is 12.3. The molecule has 0 amide bonds. The highest BCUT2D eigenvalue weighted by Gasteiger charge is 2.33. The minimum atomic E-state index is -4.46. The number of rotatable bonds is 1. The van der Waals surface area contributed by atoms with Gasteiger partial charge in [-0.1, -0.05) is 12.1 Å². The van der Waals surface area contributed by atoms with Crippen molar-refractivity contribution in [3.63, 3.8) is 0 Å². The molecule has 0 aliphatic carbocycles. The summed E-state index contributed by atoms with van der Waals surface area (Å²) in [4.78, 5) is 0. The maximum Gasteiger partial charge on any atom is 0.488 e. The summed E-state index contributed by atoms with van der Waals surface area (Å²) in [6.45, 7) is 1.21. The van der Waals surface area contributed by atoms with Gasteiger partial charge in [-0.25, -0.2) is 0 Å². The van der Waals surface area contributed by atoms with Crippen LogP contribution in [0.15, 0.2) is 18.2 Å². The van der Waals surface area contributed by atoms with Gasteiger partial charge in [-0.15, -0.1) is 0 Å². The van der Waals surface area contributed by atoms with Gasteiger partial charge in [-0.2, -0.15) is 13.2 Å². The summed E-state index contributed by atoms with van der Waals surface area (Å²) in [6.07, 6.45) is -4.46. The third-order valence-electron chi connectivity index (χ3n) is 1.96. The number of hydrogen-bond acceptors (Lipinski definition) is 2. The van der Waals surface area contributed by atoms with Gasteiger partial charge >= 0.3 is 13.3 Å². The van der Waals surface area contributed by atoms with E-state index in [-0.39, 0.29) is 11.0 Å². The average molecular weight is 204 g/mol. The molecule has 0 spiro atoms. The molecule has 0 aromatic heterocycles. The summed E-state index contributed by atoms with van der Waals surface area (Å²) in [6, 6.07) is 3.29. The Morgan fingerprint density at radius 2 is 1.79 bits per heavy atom. The lowest BCUT2D eigenvalue weighted by Crippen LogP contribution is -2.33. The van der Waals surface area contributed by atoms with Gasteiger partial charge in [0.05, 0.1) is 5.56 Å². The summed E-state index contributed by atoms with van der Waals surface area (Å²) >= 11 is 0. The zero-order valence-corrected chi connectivity index (χ0v) is 7.34. The van der Waals surface area contributed by atoms with Crippen LogP contribution in [0.4, 0.5) is 13.2 Å². The first-order valence-electron chi connectivity index (χ1n) is 3.87. The molecule has 0 aliphatic heterocycles. The number of halogens is 3. The van der Waals surface area contributed by atoms with Crippen LogP contribution in [-0.2, 0) is 6.18 Å². The predicted molar refractivity (Wildman–Crippen MR) is 46.0 cm³/mol. The quantitative estimate of drug-likeness (QED) is 0.660. The van der Waals surface area contributed by atoms with E-state index in [1.807, 2.05) is 0 Å². The van der Waals surface area contributed by atoms with Crippen molar-refractivity contribution in [1.82, 2.24) is 0 Å². The van der Waals surface area contributed by atoms with Crippen LogP contribution < -0.4 is 5.46 Å². The zero-order chi connectivity index (χ0) is 10.9. The third kappa shape index (κ3) is 2.08. The molecule has 2 N–H and O–H groups in total. The Bertz CT molecular complexity index is 336. The largest absolute Gasteiger partial charge is 0.488 e. The lowest BCUT2D eigenvalue weighted by molar-refractivity contribution is -0.138. The minimum Gasteiger partial charge on any atom is -0.423 e. The molecule has 14 heavy (non-hydrogen) atoms. The standard InChI is InChI=1S/C8H8BF3O2/c1-5-6(8(10,11)12)3-2-4-7(5)9(13)14/h2-4,13-14H,1H3. The Morgan fingerprint density at radius 3 is 2.21 bits per heavy atom. The summed E-state index contributed by atoms with van der Waals surface area (Å²) in [5.74, 6) is 0. The topological polar surface area (TPSA) is 40.5 Å². The van der Waals surface area contributed by atoms with Crippen LogP contribution in [0.5, 0.6) is 0 Å². The fraction of sp³-hybridized carbons (Fsp3) is 0.250. The summed E-state index contributed by atoms with van der Waals surface area (Å²) in [7, 11) is -1.88. The highest BCUT2D eigenvalue weighted by atomic mass is 19.4. The van der Waals surface area contributed by atoms with E-state index < -0.39 is 18.9 Å². The van der Waals surface area contributed by atoms with Crippen LogP contribution in [0.25, 0.3) is 0 Å². The normalized spacial score (nSPS) is 11.6. The van der Waals surface area contributed by atoms with Crippen molar-refractivity contribution in [3.8, 4) is 0 Å². The average Bonchev–Trinajstić information content (AvgIpc) is 2.01. The van der Waals surface area contributed by atoms with Gasteiger partial charge in [0, 0.05) is 0 Å². The maximum atomic E-state index is 12.3. The molecule has 76 valence electrons. The van der Waals surface area contributed by atoms with Gasteiger partial charge in [0.25, 0.3) is 0 Å². The number of benzene rings is 1. The third-order valence-corrected chi connectivity index (χ3v) is 1.96. The second-order valence-electron chi connectivity index (χ2n) is 2.89. The van der Waals surface area contributed by atoms with E-state index in [4.69, 9.17) is 10.0 Å². The van der Waals surface area contributed by atoms with Crippen LogP contribution in [0, 0.1) is 6.92 Å². The second-order valence-corrected chi connectivity index (χ2v) is 2.89. The Hall–Kier alpha value is -1.01. The fourth-order valence-electron chi connectivity index (χ4n) is 1.24. The van der Waals surface area contributed by atoms with Crippen molar-refractivity contribution < 1.29 is 23.2 Å². The van der Waals surface area contributed by atoms with Crippen LogP contribution in [0.2, 0.25) is 0 Å². The Kier molecular flexibility index (Phi) is 2.87. The first kappa shape index (κ1) is 11.1. The molecule has 0 unspecified atom stereocenters. The monoisotopic (exact) mass is 204 g/mol. The van der Waals surface area contributed by atoms with E-state index in [2.05, 4.69) is 0 Å². The molecule has 0 heterocycles. The van der Waals surface area contributed by atoms with E-state index in [1.54, 1.807) is 0 Å². The lowest BCUT2D eigenvalue weighted by atomic mass is 9.76. The minimum absolute atomic E-state index is 0.125. The van der Waals surface area contributed by atoms with Gasteiger partial charge in [-0.05, 0) is 24.0 Å².